The van der Waals surface area contributed by atoms with Crippen LogP contribution >= 0.6 is 0 Å². The van der Waals surface area contributed by atoms with E-state index >= 15 is 0 Å². The minimum atomic E-state index is -3.42. The zero-order chi connectivity index (χ0) is 20.2. The molecule has 0 aromatic heterocycles. The maximum Gasteiger partial charge on any atom is 0.232 e. The third-order valence-corrected chi connectivity index (χ3v) is 5.98. The van der Waals surface area contributed by atoms with Crippen molar-refractivity contribution >= 4 is 27.3 Å². The van der Waals surface area contributed by atoms with Gasteiger partial charge in [-0.2, -0.15) is 0 Å². The number of anilines is 2. The minimum Gasteiger partial charge on any atom is -0.326 e. The van der Waals surface area contributed by atoms with Gasteiger partial charge in [0.1, 0.15) is 0 Å². The maximum atomic E-state index is 12.3. The van der Waals surface area contributed by atoms with Crippen molar-refractivity contribution < 1.29 is 13.2 Å². The molecule has 0 fully saturated rings. The Morgan fingerprint density at radius 1 is 1.00 bits per heavy atom. The highest BCUT2D eigenvalue weighted by Gasteiger charge is 2.19. The molecule has 0 radical (unpaired) electrons. The fourth-order valence-corrected chi connectivity index (χ4v) is 3.91. The second-order valence-corrected chi connectivity index (χ2v) is 8.91. The Labute approximate surface area is 162 Å². The molecule has 2 aromatic carbocycles. The van der Waals surface area contributed by atoms with Gasteiger partial charge >= 0.3 is 0 Å². The van der Waals surface area contributed by atoms with Crippen molar-refractivity contribution in [2.24, 2.45) is 0 Å². The van der Waals surface area contributed by atoms with Crippen LogP contribution in [0.15, 0.2) is 36.4 Å². The number of hydrogen-bond acceptors (Lipinski definition) is 3. The average Bonchev–Trinajstić information content (AvgIpc) is 2.57. The van der Waals surface area contributed by atoms with Crippen LogP contribution in [0.2, 0.25) is 0 Å². The topological polar surface area (TPSA) is 66.5 Å². The monoisotopic (exact) mass is 388 g/mol. The van der Waals surface area contributed by atoms with E-state index < -0.39 is 10.0 Å². The van der Waals surface area contributed by atoms with Crippen LogP contribution in [0.25, 0.3) is 0 Å². The number of aryl methyl sites for hydroxylation is 3. The highest BCUT2D eigenvalue weighted by Crippen LogP contribution is 2.25. The summed E-state index contributed by atoms with van der Waals surface area (Å²) in [7, 11) is -3.42. The number of sulfonamides is 1. The largest absolute Gasteiger partial charge is 0.326 e. The molecular weight excluding hydrogens is 360 g/mol. The van der Waals surface area contributed by atoms with Gasteiger partial charge in [0.2, 0.25) is 15.9 Å². The van der Waals surface area contributed by atoms with Crippen LogP contribution in [-0.2, 0) is 14.8 Å². The normalized spacial score (nSPS) is 11.3. The Morgan fingerprint density at radius 3 is 2.33 bits per heavy atom. The molecule has 0 bridgehead atoms. The van der Waals surface area contributed by atoms with Crippen molar-refractivity contribution in [1.82, 2.24) is 0 Å². The van der Waals surface area contributed by atoms with Gasteiger partial charge < -0.3 is 5.32 Å². The Balaban J connectivity index is 2.02. The Hall–Kier alpha value is -2.34. The molecule has 1 amide bonds. The van der Waals surface area contributed by atoms with E-state index in [1.807, 2.05) is 58.0 Å². The summed E-state index contributed by atoms with van der Waals surface area (Å²) in [4.78, 5) is 12.2. The number of carbonyl (C=O) groups excluding carboxylic acids is 1. The van der Waals surface area contributed by atoms with E-state index in [1.54, 1.807) is 6.07 Å². The number of nitrogens with one attached hydrogen (secondary N) is 1. The molecule has 0 saturated heterocycles. The lowest BCUT2D eigenvalue weighted by molar-refractivity contribution is -0.116. The molecule has 2 aromatic rings. The van der Waals surface area contributed by atoms with E-state index in [0.29, 0.717) is 12.1 Å². The van der Waals surface area contributed by atoms with Gasteiger partial charge in [-0.15, -0.1) is 0 Å². The first-order valence-electron chi connectivity index (χ1n) is 9.00. The van der Waals surface area contributed by atoms with Gasteiger partial charge in [0.15, 0.2) is 0 Å². The molecule has 0 aliphatic carbocycles. The standard InChI is InChI=1S/C21H28N2O3S/c1-15-11-12-19(14-17(15)3)22-21(24)10-7-13-23(27(5,25)26)20-9-6-8-16(2)18(20)4/h6,8-9,11-12,14H,7,10,13H2,1-5H3,(H,22,24). The van der Waals surface area contributed by atoms with E-state index in [9.17, 15) is 13.2 Å². The molecule has 1 N–H and O–H groups in total. The molecule has 0 saturated carbocycles. The zero-order valence-electron chi connectivity index (χ0n) is 16.7. The van der Waals surface area contributed by atoms with Crippen molar-refractivity contribution in [1.29, 1.82) is 0 Å². The van der Waals surface area contributed by atoms with E-state index in [1.165, 1.54) is 16.1 Å². The summed E-state index contributed by atoms with van der Waals surface area (Å²) in [6, 6.07) is 11.4. The molecule has 0 unspecified atom stereocenters. The third-order valence-electron chi connectivity index (χ3n) is 4.80. The summed E-state index contributed by atoms with van der Waals surface area (Å²) in [6.07, 6.45) is 1.89. The molecule has 0 atom stereocenters. The van der Waals surface area contributed by atoms with Gasteiger partial charge in [0, 0.05) is 18.7 Å². The van der Waals surface area contributed by atoms with Crippen molar-refractivity contribution in [3.8, 4) is 0 Å². The second kappa shape index (κ2) is 8.57. The van der Waals surface area contributed by atoms with Crippen LogP contribution in [-0.4, -0.2) is 27.1 Å². The Morgan fingerprint density at radius 2 is 1.70 bits per heavy atom. The van der Waals surface area contributed by atoms with Crippen molar-refractivity contribution in [3.63, 3.8) is 0 Å². The van der Waals surface area contributed by atoms with Gasteiger partial charge in [-0.25, -0.2) is 8.42 Å². The van der Waals surface area contributed by atoms with Crippen LogP contribution in [0.4, 0.5) is 11.4 Å². The fraction of sp³-hybridized carbons (Fsp3) is 0.381. The molecule has 0 heterocycles. The van der Waals surface area contributed by atoms with E-state index in [-0.39, 0.29) is 18.9 Å². The van der Waals surface area contributed by atoms with Crippen LogP contribution in [0.5, 0.6) is 0 Å². The fourth-order valence-electron chi connectivity index (χ4n) is 2.90. The number of rotatable bonds is 7. The average molecular weight is 389 g/mol. The van der Waals surface area contributed by atoms with Gasteiger partial charge in [-0.3, -0.25) is 9.10 Å². The minimum absolute atomic E-state index is 0.118. The Bertz CT molecular complexity index is 936. The summed E-state index contributed by atoms with van der Waals surface area (Å²) in [5, 5.41) is 2.88. The summed E-state index contributed by atoms with van der Waals surface area (Å²) in [6.45, 7) is 8.15. The molecular formula is C21H28N2O3S. The smallest absolute Gasteiger partial charge is 0.232 e. The third kappa shape index (κ3) is 5.57. The van der Waals surface area contributed by atoms with E-state index in [0.717, 1.165) is 22.4 Å². The van der Waals surface area contributed by atoms with Gasteiger partial charge in [-0.05, 0) is 74.6 Å². The van der Waals surface area contributed by atoms with Crippen LogP contribution in [0.1, 0.15) is 35.1 Å². The van der Waals surface area contributed by atoms with Crippen molar-refractivity contribution in [2.45, 2.75) is 40.5 Å². The number of hydrogen-bond donors (Lipinski definition) is 1. The van der Waals surface area contributed by atoms with E-state index in [4.69, 9.17) is 0 Å². The SMILES string of the molecule is Cc1ccc(NC(=O)CCCN(c2cccc(C)c2C)S(C)(=O)=O)cc1C. The summed E-state index contributed by atoms with van der Waals surface area (Å²) >= 11 is 0. The van der Waals surface area contributed by atoms with Crippen LogP contribution in [0, 0.1) is 27.7 Å². The highest BCUT2D eigenvalue weighted by molar-refractivity contribution is 7.92. The van der Waals surface area contributed by atoms with Gasteiger partial charge in [-0.1, -0.05) is 18.2 Å². The van der Waals surface area contributed by atoms with Crippen LogP contribution in [0.3, 0.4) is 0 Å². The lowest BCUT2D eigenvalue weighted by atomic mass is 10.1. The molecule has 0 spiro atoms. The first kappa shape index (κ1) is 21.0. The molecule has 146 valence electrons. The molecule has 2 rings (SSSR count). The van der Waals surface area contributed by atoms with E-state index in [2.05, 4.69) is 5.32 Å². The number of nitrogens with zero attached hydrogens (tertiary/aromatic N) is 1. The molecule has 0 aliphatic heterocycles. The number of carbonyl (C=O) groups is 1. The van der Waals surface area contributed by atoms with Crippen LogP contribution < -0.4 is 9.62 Å². The lowest BCUT2D eigenvalue weighted by Crippen LogP contribution is -2.32. The summed E-state index contributed by atoms with van der Waals surface area (Å²) in [5.74, 6) is -0.118. The highest BCUT2D eigenvalue weighted by atomic mass is 32.2. The predicted molar refractivity (Wildman–Crippen MR) is 112 cm³/mol. The number of benzene rings is 2. The van der Waals surface area contributed by atoms with Crippen molar-refractivity contribution in [2.75, 3.05) is 22.4 Å². The van der Waals surface area contributed by atoms with Gasteiger partial charge in [0.25, 0.3) is 0 Å². The molecule has 5 nitrogen and oxygen atoms in total. The molecule has 0 aliphatic rings. The Kier molecular flexibility index (Phi) is 6.65. The lowest BCUT2D eigenvalue weighted by Gasteiger charge is -2.24. The van der Waals surface area contributed by atoms with Crippen molar-refractivity contribution in [3.05, 3.63) is 58.7 Å². The number of amides is 1. The molecule has 6 heteroatoms. The molecule has 27 heavy (non-hydrogen) atoms. The first-order valence-corrected chi connectivity index (χ1v) is 10.9. The summed E-state index contributed by atoms with van der Waals surface area (Å²) in [5.41, 5.74) is 5.69. The summed E-state index contributed by atoms with van der Waals surface area (Å²) < 4.78 is 25.9. The second-order valence-electron chi connectivity index (χ2n) is 7.00. The quantitative estimate of drug-likeness (QED) is 0.776. The maximum absolute atomic E-state index is 12.3. The van der Waals surface area contributed by atoms with Gasteiger partial charge in [0.05, 0.1) is 11.9 Å². The predicted octanol–water partition coefficient (Wildman–Crippen LogP) is 4.11. The first-order chi connectivity index (χ1) is 12.6. The zero-order valence-corrected chi connectivity index (χ0v) is 17.5.